The number of carbonyl (C=O) groups excluding carboxylic acids is 1. The largest absolute Gasteiger partial charge is 0.379 e. The van der Waals surface area contributed by atoms with Crippen molar-refractivity contribution in [3.63, 3.8) is 0 Å². The lowest BCUT2D eigenvalue weighted by Gasteiger charge is -2.35. The maximum absolute atomic E-state index is 12.6. The molecule has 0 spiro atoms. The molecule has 0 radical (unpaired) electrons. The van der Waals surface area contributed by atoms with Gasteiger partial charge in [0.2, 0.25) is 5.91 Å². The molecule has 7 heteroatoms. The standard InChI is InChI=1S/C21H22ClN3O3/c22-16-7-5-15(6-8-16)19(25-9-11-27-12-10-25)14-23-21(26)13-18-17-3-1-2-4-20(17)28-24-18/h1-8,19H,9-14H2,(H,23,26)/t19-/m0/s1. The Bertz CT molecular complexity index is 935. The first kappa shape index (κ1) is 18.9. The third-order valence-electron chi connectivity index (χ3n) is 5.01. The molecule has 4 rings (SSSR count). The van der Waals surface area contributed by atoms with Crippen molar-refractivity contribution in [2.75, 3.05) is 32.8 Å². The first-order valence-corrected chi connectivity index (χ1v) is 9.76. The quantitative estimate of drug-likeness (QED) is 0.689. The van der Waals surface area contributed by atoms with Crippen molar-refractivity contribution in [2.45, 2.75) is 12.5 Å². The Morgan fingerprint density at radius 2 is 1.89 bits per heavy atom. The van der Waals surface area contributed by atoms with Gasteiger partial charge in [-0.15, -0.1) is 0 Å². The Kier molecular flexibility index (Phi) is 5.90. The Balaban J connectivity index is 1.44. The fraction of sp³-hybridized carbons (Fsp3) is 0.333. The number of hydrogen-bond donors (Lipinski definition) is 1. The highest BCUT2D eigenvalue weighted by Crippen LogP contribution is 2.23. The second-order valence-electron chi connectivity index (χ2n) is 6.82. The lowest BCUT2D eigenvalue weighted by Crippen LogP contribution is -2.44. The second kappa shape index (κ2) is 8.73. The molecule has 1 aromatic heterocycles. The fourth-order valence-electron chi connectivity index (χ4n) is 3.52. The van der Waals surface area contributed by atoms with Crippen LogP contribution in [0.3, 0.4) is 0 Å². The van der Waals surface area contributed by atoms with Crippen molar-refractivity contribution in [2.24, 2.45) is 0 Å². The number of nitrogens with zero attached hydrogens (tertiary/aromatic N) is 2. The topological polar surface area (TPSA) is 67.6 Å². The van der Waals surface area contributed by atoms with Crippen LogP contribution in [-0.2, 0) is 16.0 Å². The molecule has 1 saturated heterocycles. The molecule has 0 bridgehead atoms. The molecule has 1 N–H and O–H groups in total. The van der Waals surface area contributed by atoms with E-state index in [1.165, 1.54) is 0 Å². The van der Waals surface area contributed by atoms with E-state index in [-0.39, 0.29) is 18.4 Å². The lowest BCUT2D eigenvalue weighted by atomic mass is 10.0. The summed E-state index contributed by atoms with van der Waals surface area (Å²) < 4.78 is 10.8. The summed E-state index contributed by atoms with van der Waals surface area (Å²) in [7, 11) is 0. The average Bonchev–Trinajstić information content (AvgIpc) is 3.13. The van der Waals surface area contributed by atoms with Crippen LogP contribution in [0.2, 0.25) is 5.02 Å². The zero-order valence-corrected chi connectivity index (χ0v) is 16.2. The third kappa shape index (κ3) is 4.35. The fourth-order valence-corrected chi connectivity index (χ4v) is 3.65. The number of amides is 1. The van der Waals surface area contributed by atoms with Gasteiger partial charge in [0.15, 0.2) is 5.58 Å². The summed E-state index contributed by atoms with van der Waals surface area (Å²) in [5.41, 5.74) is 2.47. The molecule has 1 aliphatic heterocycles. The normalized spacial score (nSPS) is 16.2. The summed E-state index contributed by atoms with van der Waals surface area (Å²) in [6, 6.07) is 15.4. The molecule has 146 valence electrons. The van der Waals surface area contributed by atoms with Crippen molar-refractivity contribution in [1.82, 2.24) is 15.4 Å². The van der Waals surface area contributed by atoms with Crippen LogP contribution in [0.4, 0.5) is 0 Å². The van der Waals surface area contributed by atoms with Crippen molar-refractivity contribution < 1.29 is 14.1 Å². The van der Waals surface area contributed by atoms with Crippen molar-refractivity contribution in [3.05, 3.63) is 64.8 Å². The van der Waals surface area contributed by atoms with E-state index in [0.29, 0.717) is 36.1 Å². The van der Waals surface area contributed by atoms with E-state index >= 15 is 0 Å². The monoisotopic (exact) mass is 399 g/mol. The summed E-state index contributed by atoms with van der Waals surface area (Å²) in [5, 5.41) is 8.68. The van der Waals surface area contributed by atoms with E-state index in [1.54, 1.807) is 0 Å². The average molecular weight is 400 g/mol. The van der Waals surface area contributed by atoms with Crippen LogP contribution in [0.5, 0.6) is 0 Å². The number of ether oxygens (including phenoxy) is 1. The van der Waals surface area contributed by atoms with E-state index in [1.807, 2.05) is 48.5 Å². The van der Waals surface area contributed by atoms with Gasteiger partial charge in [0.05, 0.1) is 25.7 Å². The molecule has 1 fully saturated rings. The summed E-state index contributed by atoms with van der Waals surface area (Å²) >= 11 is 6.04. The molecule has 2 heterocycles. The molecule has 0 aliphatic carbocycles. The Morgan fingerprint density at radius 3 is 2.68 bits per heavy atom. The van der Waals surface area contributed by atoms with Crippen molar-refractivity contribution in [3.8, 4) is 0 Å². The molecule has 3 aromatic rings. The van der Waals surface area contributed by atoms with Gasteiger partial charge in [0, 0.05) is 30.0 Å². The van der Waals surface area contributed by atoms with Crippen LogP contribution in [0.1, 0.15) is 17.3 Å². The first-order valence-electron chi connectivity index (χ1n) is 9.38. The van der Waals surface area contributed by atoms with Gasteiger partial charge in [-0.05, 0) is 29.8 Å². The highest BCUT2D eigenvalue weighted by atomic mass is 35.5. The highest BCUT2D eigenvalue weighted by molar-refractivity contribution is 6.30. The zero-order chi connectivity index (χ0) is 19.3. The molecule has 1 atom stereocenters. The van der Waals surface area contributed by atoms with Gasteiger partial charge >= 0.3 is 0 Å². The van der Waals surface area contributed by atoms with Gasteiger partial charge in [-0.1, -0.05) is 41.0 Å². The minimum Gasteiger partial charge on any atom is -0.379 e. The van der Waals surface area contributed by atoms with Gasteiger partial charge in [-0.3, -0.25) is 9.69 Å². The number of hydrogen-bond acceptors (Lipinski definition) is 5. The molecule has 6 nitrogen and oxygen atoms in total. The van der Waals surface area contributed by atoms with Gasteiger partial charge in [0.25, 0.3) is 0 Å². The molecule has 28 heavy (non-hydrogen) atoms. The number of aromatic nitrogens is 1. The van der Waals surface area contributed by atoms with E-state index in [9.17, 15) is 4.79 Å². The second-order valence-corrected chi connectivity index (χ2v) is 7.26. The molecule has 1 aliphatic rings. The minimum absolute atomic E-state index is 0.0687. The highest BCUT2D eigenvalue weighted by Gasteiger charge is 2.23. The van der Waals surface area contributed by atoms with Crippen LogP contribution >= 0.6 is 11.6 Å². The SMILES string of the molecule is O=C(Cc1noc2ccccc12)NC[C@@H](c1ccc(Cl)cc1)N1CCOCC1. The number of halogens is 1. The smallest absolute Gasteiger partial charge is 0.226 e. The van der Waals surface area contributed by atoms with Crippen LogP contribution in [-0.4, -0.2) is 48.8 Å². The van der Waals surface area contributed by atoms with Crippen LogP contribution < -0.4 is 5.32 Å². The number of nitrogens with one attached hydrogen (secondary N) is 1. The summed E-state index contributed by atoms with van der Waals surface area (Å²) in [6.45, 7) is 3.57. The summed E-state index contributed by atoms with van der Waals surface area (Å²) in [4.78, 5) is 14.9. The minimum atomic E-state index is -0.0775. The lowest BCUT2D eigenvalue weighted by molar-refractivity contribution is -0.120. The molecular formula is C21H22ClN3O3. The number of para-hydroxylation sites is 1. The molecule has 0 saturated carbocycles. The third-order valence-corrected chi connectivity index (χ3v) is 5.27. The van der Waals surface area contributed by atoms with Crippen molar-refractivity contribution in [1.29, 1.82) is 0 Å². The maximum atomic E-state index is 12.6. The zero-order valence-electron chi connectivity index (χ0n) is 15.4. The predicted molar refractivity (Wildman–Crippen MR) is 107 cm³/mol. The van der Waals surface area contributed by atoms with E-state index < -0.39 is 0 Å². The van der Waals surface area contributed by atoms with Gasteiger partial charge in [-0.2, -0.15) is 0 Å². The van der Waals surface area contributed by atoms with Crippen molar-refractivity contribution >= 4 is 28.5 Å². The van der Waals surface area contributed by atoms with E-state index in [0.717, 1.165) is 24.0 Å². The predicted octanol–water partition coefficient (Wildman–Crippen LogP) is 3.21. The number of fused-ring (bicyclic) bond motifs is 1. The summed E-state index contributed by atoms with van der Waals surface area (Å²) in [5.74, 6) is -0.0775. The number of benzene rings is 2. The molecule has 0 unspecified atom stereocenters. The van der Waals surface area contributed by atoms with Crippen LogP contribution in [0, 0.1) is 0 Å². The van der Waals surface area contributed by atoms with Crippen LogP contribution in [0.15, 0.2) is 53.1 Å². The Morgan fingerprint density at radius 1 is 1.14 bits per heavy atom. The van der Waals surface area contributed by atoms with Crippen LogP contribution in [0.25, 0.3) is 11.0 Å². The first-order chi connectivity index (χ1) is 13.7. The number of morpholine rings is 1. The van der Waals surface area contributed by atoms with Gasteiger partial charge < -0.3 is 14.6 Å². The molecule has 1 amide bonds. The van der Waals surface area contributed by atoms with Gasteiger partial charge in [-0.25, -0.2) is 0 Å². The molecular weight excluding hydrogens is 378 g/mol. The van der Waals surface area contributed by atoms with E-state index in [2.05, 4.69) is 15.4 Å². The number of carbonyl (C=O) groups is 1. The maximum Gasteiger partial charge on any atom is 0.226 e. The Labute approximate surface area is 168 Å². The van der Waals surface area contributed by atoms with E-state index in [4.69, 9.17) is 20.9 Å². The Hall–Kier alpha value is -2.41. The summed E-state index contributed by atoms with van der Waals surface area (Å²) in [6.07, 6.45) is 0.188. The number of rotatable bonds is 6. The van der Waals surface area contributed by atoms with Gasteiger partial charge in [0.1, 0.15) is 5.69 Å². The molecule has 2 aromatic carbocycles.